The summed E-state index contributed by atoms with van der Waals surface area (Å²) in [6, 6.07) is 7.74. The van der Waals surface area contributed by atoms with Crippen LogP contribution in [0.2, 0.25) is 0 Å². The Morgan fingerprint density at radius 2 is 1.94 bits per heavy atom. The van der Waals surface area contributed by atoms with Gasteiger partial charge in [-0.1, -0.05) is 23.4 Å². The molecule has 0 spiro atoms. The molecule has 0 aliphatic heterocycles. The molecule has 0 aliphatic carbocycles. The van der Waals surface area contributed by atoms with E-state index >= 15 is 0 Å². The van der Waals surface area contributed by atoms with Gasteiger partial charge in [0.05, 0.1) is 10.9 Å². The fourth-order valence-electron chi connectivity index (χ4n) is 1.49. The molecule has 7 heteroatoms. The highest BCUT2D eigenvalue weighted by molar-refractivity contribution is 7.89. The van der Waals surface area contributed by atoms with Gasteiger partial charge in [-0.25, -0.2) is 8.42 Å². The maximum atomic E-state index is 12.3. The zero-order valence-electron chi connectivity index (χ0n) is 10.0. The quantitative estimate of drug-likeness (QED) is 0.838. The molecule has 1 unspecified atom stereocenters. The average molecular weight is 267 g/mol. The number of sulfonamides is 1. The molecule has 96 valence electrons. The van der Waals surface area contributed by atoms with Crippen LogP contribution < -0.4 is 0 Å². The van der Waals surface area contributed by atoms with Crippen molar-refractivity contribution in [3.63, 3.8) is 0 Å². The maximum Gasteiger partial charge on any atom is 0.243 e. The third kappa shape index (κ3) is 2.27. The molecule has 0 N–H and O–H groups in total. The van der Waals surface area contributed by atoms with Gasteiger partial charge in [0.15, 0.2) is 5.82 Å². The molecule has 1 aromatic carbocycles. The Kier molecular flexibility index (Phi) is 3.44. The van der Waals surface area contributed by atoms with Gasteiger partial charge < -0.3 is 4.52 Å². The van der Waals surface area contributed by atoms with Gasteiger partial charge in [-0.15, -0.1) is 0 Å². The second kappa shape index (κ2) is 4.87. The maximum absolute atomic E-state index is 12.3. The van der Waals surface area contributed by atoms with E-state index in [0.29, 0.717) is 5.82 Å². The van der Waals surface area contributed by atoms with Gasteiger partial charge in [0.2, 0.25) is 16.4 Å². The summed E-state index contributed by atoms with van der Waals surface area (Å²) in [6.45, 7) is 1.70. The summed E-state index contributed by atoms with van der Waals surface area (Å²) in [5.41, 5.74) is 0. The standard InChI is InChI=1S/C11H13N3O3S/c1-9(11-12-8-17-13-11)14(2)18(15,16)10-6-4-3-5-7-10/h3-9H,1-2H3. The molecule has 1 atom stereocenters. The summed E-state index contributed by atoms with van der Waals surface area (Å²) in [5.74, 6) is 0.331. The SMILES string of the molecule is CC(c1ncon1)N(C)S(=O)(=O)c1ccccc1. The molecule has 1 aromatic heterocycles. The summed E-state index contributed by atoms with van der Waals surface area (Å²) >= 11 is 0. The van der Waals surface area contributed by atoms with Crippen molar-refractivity contribution >= 4 is 10.0 Å². The summed E-state index contributed by atoms with van der Waals surface area (Å²) in [5, 5.41) is 3.65. The van der Waals surface area contributed by atoms with E-state index in [9.17, 15) is 8.42 Å². The van der Waals surface area contributed by atoms with Crippen molar-refractivity contribution in [2.75, 3.05) is 7.05 Å². The molecule has 0 aliphatic rings. The first-order valence-electron chi connectivity index (χ1n) is 5.33. The van der Waals surface area contributed by atoms with Gasteiger partial charge in [-0.3, -0.25) is 0 Å². The highest BCUT2D eigenvalue weighted by atomic mass is 32.2. The van der Waals surface area contributed by atoms with Gasteiger partial charge in [-0.05, 0) is 19.1 Å². The molecule has 0 fully saturated rings. The van der Waals surface area contributed by atoms with E-state index in [1.807, 2.05) is 0 Å². The number of hydrogen-bond acceptors (Lipinski definition) is 5. The Morgan fingerprint density at radius 1 is 1.28 bits per heavy atom. The molecule has 6 nitrogen and oxygen atoms in total. The second-order valence-electron chi connectivity index (χ2n) is 3.80. The summed E-state index contributed by atoms with van der Waals surface area (Å²) in [4.78, 5) is 4.10. The van der Waals surface area contributed by atoms with Crippen LogP contribution in [-0.2, 0) is 10.0 Å². The first-order valence-corrected chi connectivity index (χ1v) is 6.77. The van der Waals surface area contributed by atoms with Gasteiger partial charge in [0.1, 0.15) is 0 Å². The third-order valence-electron chi connectivity index (χ3n) is 2.72. The van der Waals surface area contributed by atoms with Crippen molar-refractivity contribution in [2.45, 2.75) is 17.9 Å². The van der Waals surface area contributed by atoms with Crippen molar-refractivity contribution in [1.29, 1.82) is 0 Å². The van der Waals surface area contributed by atoms with Crippen LogP contribution >= 0.6 is 0 Å². The smallest absolute Gasteiger partial charge is 0.243 e. The van der Waals surface area contributed by atoms with E-state index in [-0.39, 0.29) is 4.90 Å². The molecule has 2 aromatic rings. The Bertz CT molecular complexity index is 596. The summed E-state index contributed by atoms with van der Waals surface area (Å²) in [6.07, 6.45) is 1.18. The van der Waals surface area contributed by atoms with Crippen LogP contribution in [0, 0.1) is 0 Å². The van der Waals surface area contributed by atoms with Crippen molar-refractivity contribution in [3.05, 3.63) is 42.5 Å². The summed E-state index contributed by atoms with van der Waals surface area (Å²) < 4.78 is 30.5. The molecule has 0 amide bonds. The van der Waals surface area contributed by atoms with E-state index in [1.165, 1.54) is 17.7 Å². The van der Waals surface area contributed by atoms with Crippen molar-refractivity contribution in [1.82, 2.24) is 14.4 Å². The predicted octanol–water partition coefficient (Wildman–Crippen LogP) is 1.45. The highest BCUT2D eigenvalue weighted by Crippen LogP contribution is 2.23. The molecule has 0 saturated heterocycles. The fraction of sp³-hybridized carbons (Fsp3) is 0.273. The van der Waals surface area contributed by atoms with Crippen molar-refractivity contribution in [3.8, 4) is 0 Å². The van der Waals surface area contributed by atoms with Gasteiger partial charge in [0.25, 0.3) is 0 Å². The van der Waals surface area contributed by atoms with Gasteiger partial charge in [0, 0.05) is 7.05 Å². The number of nitrogens with zero attached hydrogens (tertiary/aromatic N) is 3. The van der Waals surface area contributed by atoms with Crippen LogP contribution in [0.1, 0.15) is 18.8 Å². The number of hydrogen-bond donors (Lipinski definition) is 0. The van der Waals surface area contributed by atoms with Crippen LogP contribution in [0.3, 0.4) is 0 Å². The van der Waals surface area contributed by atoms with Crippen LogP contribution in [-0.4, -0.2) is 29.9 Å². The molecule has 0 radical (unpaired) electrons. The molecule has 18 heavy (non-hydrogen) atoms. The van der Waals surface area contributed by atoms with Crippen molar-refractivity contribution in [2.24, 2.45) is 0 Å². The van der Waals surface area contributed by atoms with Crippen LogP contribution in [0.5, 0.6) is 0 Å². The molecule has 1 heterocycles. The highest BCUT2D eigenvalue weighted by Gasteiger charge is 2.28. The van der Waals surface area contributed by atoms with Crippen molar-refractivity contribution < 1.29 is 12.9 Å². The lowest BCUT2D eigenvalue weighted by molar-refractivity contribution is 0.356. The van der Waals surface area contributed by atoms with E-state index < -0.39 is 16.1 Å². The lowest BCUT2D eigenvalue weighted by Gasteiger charge is -2.21. The van der Waals surface area contributed by atoms with Crippen LogP contribution in [0.4, 0.5) is 0 Å². The molecular formula is C11H13N3O3S. The summed E-state index contributed by atoms with van der Waals surface area (Å²) in [7, 11) is -2.06. The first-order chi connectivity index (χ1) is 8.53. The Balaban J connectivity index is 2.31. The van der Waals surface area contributed by atoms with Gasteiger partial charge >= 0.3 is 0 Å². The average Bonchev–Trinajstić information content (AvgIpc) is 2.92. The number of benzene rings is 1. The minimum absolute atomic E-state index is 0.239. The fourth-order valence-corrected chi connectivity index (χ4v) is 2.84. The predicted molar refractivity (Wildman–Crippen MR) is 64.1 cm³/mol. The van der Waals surface area contributed by atoms with E-state index in [4.69, 9.17) is 0 Å². The Hall–Kier alpha value is -1.73. The monoisotopic (exact) mass is 267 g/mol. The minimum atomic E-state index is -3.55. The minimum Gasteiger partial charge on any atom is -0.343 e. The van der Waals surface area contributed by atoms with Crippen LogP contribution in [0.15, 0.2) is 46.1 Å². The zero-order valence-corrected chi connectivity index (χ0v) is 10.8. The van der Waals surface area contributed by atoms with Gasteiger partial charge in [-0.2, -0.15) is 9.29 Å². The second-order valence-corrected chi connectivity index (χ2v) is 5.80. The first kappa shape index (κ1) is 12.7. The lowest BCUT2D eigenvalue weighted by Crippen LogP contribution is -2.30. The van der Waals surface area contributed by atoms with E-state index in [2.05, 4.69) is 14.7 Å². The molecule has 0 bridgehead atoms. The topological polar surface area (TPSA) is 76.3 Å². The Morgan fingerprint density at radius 3 is 2.50 bits per heavy atom. The van der Waals surface area contributed by atoms with Crippen LogP contribution in [0.25, 0.3) is 0 Å². The largest absolute Gasteiger partial charge is 0.343 e. The van der Waals surface area contributed by atoms with E-state index in [1.54, 1.807) is 37.3 Å². The van der Waals surface area contributed by atoms with E-state index in [0.717, 1.165) is 0 Å². The number of rotatable bonds is 4. The third-order valence-corrected chi connectivity index (χ3v) is 4.66. The molecule has 0 saturated carbocycles. The number of aromatic nitrogens is 2. The normalized spacial score (nSPS) is 13.7. The molecule has 2 rings (SSSR count). The zero-order chi connectivity index (χ0) is 13.2. The Labute approximate surface area is 105 Å². The molecular weight excluding hydrogens is 254 g/mol. The lowest BCUT2D eigenvalue weighted by atomic mass is 10.3.